The van der Waals surface area contributed by atoms with Gasteiger partial charge in [0.1, 0.15) is 5.82 Å². The van der Waals surface area contributed by atoms with Crippen LogP contribution in [0.5, 0.6) is 0 Å². The minimum absolute atomic E-state index is 0.373. The monoisotopic (exact) mass is 398 g/mol. The predicted octanol–water partition coefficient (Wildman–Crippen LogP) is 3.82. The number of nitrogens with one attached hydrogen (secondary N) is 2. The molecule has 7 nitrogen and oxygen atoms in total. The molecule has 4 rings (SSSR count). The number of rotatable bonds is 5. The number of amides is 1. The molecular formula is C20H23ClN6O. The number of aromatic nitrogens is 4. The largest absolute Gasteiger partial charge is 0.356 e. The second-order valence-electron chi connectivity index (χ2n) is 7.15. The summed E-state index contributed by atoms with van der Waals surface area (Å²) in [5, 5.41) is 7.96. The molecule has 3 aromatic rings. The van der Waals surface area contributed by atoms with E-state index in [-0.39, 0.29) is 0 Å². The second-order valence-corrected chi connectivity index (χ2v) is 7.59. The van der Waals surface area contributed by atoms with E-state index in [0.717, 1.165) is 54.5 Å². The first kappa shape index (κ1) is 18.6. The maximum Gasteiger partial charge on any atom is 0.213 e. The molecule has 3 heterocycles. The van der Waals surface area contributed by atoms with Gasteiger partial charge in [0, 0.05) is 35.8 Å². The minimum Gasteiger partial charge on any atom is -0.356 e. The molecule has 146 valence electrons. The first-order valence-corrected chi connectivity index (χ1v) is 9.77. The lowest BCUT2D eigenvalue weighted by atomic mass is 9.92. The fourth-order valence-electron chi connectivity index (χ4n) is 3.89. The van der Waals surface area contributed by atoms with Crippen LogP contribution in [0, 0.1) is 13.8 Å². The van der Waals surface area contributed by atoms with Gasteiger partial charge in [-0.05, 0) is 44.9 Å². The van der Waals surface area contributed by atoms with Crippen molar-refractivity contribution in [1.29, 1.82) is 0 Å². The van der Waals surface area contributed by atoms with Gasteiger partial charge in [-0.15, -0.1) is 0 Å². The van der Waals surface area contributed by atoms with Gasteiger partial charge in [-0.1, -0.05) is 17.7 Å². The van der Waals surface area contributed by atoms with Crippen LogP contribution in [0.2, 0.25) is 5.02 Å². The summed E-state index contributed by atoms with van der Waals surface area (Å²) in [5.74, 6) is 1.97. The molecule has 0 saturated carbocycles. The number of imidazole rings is 1. The van der Waals surface area contributed by atoms with Crippen LogP contribution in [0.3, 0.4) is 0 Å². The van der Waals surface area contributed by atoms with E-state index in [4.69, 9.17) is 11.6 Å². The van der Waals surface area contributed by atoms with Crippen LogP contribution in [0.15, 0.2) is 30.3 Å². The summed E-state index contributed by atoms with van der Waals surface area (Å²) in [6, 6.07) is 9.87. The summed E-state index contributed by atoms with van der Waals surface area (Å²) in [6.45, 7) is 5.84. The van der Waals surface area contributed by atoms with Crippen LogP contribution < -0.4 is 10.2 Å². The fourth-order valence-corrected chi connectivity index (χ4v) is 4.07. The van der Waals surface area contributed by atoms with E-state index >= 15 is 0 Å². The van der Waals surface area contributed by atoms with Crippen molar-refractivity contribution < 1.29 is 4.79 Å². The Kier molecular flexibility index (Phi) is 5.09. The molecule has 28 heavy (non-hydrogen) atoms. The van der Waals surface area contributed by atoms with Crippen LogP contribution in [0.1, 0.15) is 35.8 Å². The molecule has 1 aliphatic heterocycles. The highest BCUT2D eigenvalue weighted by Crippen LogP contribution is 2.33. The number of H-pyrrole nitrogens is 1. The van der Waals surface area contributed by atoms with E-state index in [1.807, 2.05) is 42.8 Å². The molecule has 0 spiro atoms. The molecule has 2 N–H and O–H groups in total. The Labute approximate surface area is 168 Å². The zero-order valence-corrected chi connectivity index (χ0v) is 16.7. The number of carbonyl (C=O) groups is 1. The Balaban J connectivity index is 1.52. The molecule has 1 saturated heterocycles. The number of carbonyl (C=O) groups excluding carboxylic acids is 1. The van der Waals surface area contributed by atoms with Gasteiger partial charge in [0.25, 0.3) is 0 Å². The summed E-state index contributed by atoms with van der Waals surface area (Å²) in [7, 11) is 0. The highest BCUT2D eigenvalue weighted by Gasteiger charge is 2.26. The standard InChI is InChI=1S/C20H23ClN6O/c1-13-10-18(27(25-13)17-5-3-4-16(21)11-17)26-8-6-15(7-9-26)19-14(2)23-20(24-19)22-12-28/h3-5,10-12,15H,6-9H2,1-2H3,(H2,22,23,24,28). The Hall–Kier alpha value is -2.80. The number of aromatic amines is 1. The van der Waals surface area contributed by atoms with Crippen molar-refractivity contribution in [3.8, 4) is 5.69 Å². The molecule has 1 amide bonds. The van der Waals surface area contributed by atoms with E-state index in [1.165, 1.54) is 0 Å². The average molecular weight is 399 g/mol. The van der Waals surface area contributed by atoms with Gasteiger partial charge in [-0.3, -0.25) is 10.1 Å². The Morgan fingerprint density at radius 2 is 2.04 bits per heavy atom. The summed E-state index contributed by atoms with van der Waals surface area (Å²) in [5.41, 5.74) is 4.00. The molecule has 1 aliphatic rings. The predicted molar refractivity (Wildman–Crippen MR) is 111 cm³/mol. The molecule has 2 aromatic heterocycles. The topological polar surface area (TPSA) is 78.8 Å². The van der Waals surface area contributed by atoms with Crippen LogP contribution in [-0.2, 0) is 4.79 Å². The maximum absolute atomic E-state index is 10.6. The maximum atomic E-state index is 10.6. The van der Waals surface area contributed by atoms with Gasteiger partial charge in [0.15, 0.2) is 0 Å². The lowest BCUT2D eigenvalue weighted by Crippen LogP contribution is -2.34. The third kappa shape index (κ3) is 3.62. The van der Waals surface area contributed by atoms with E-state index < -0.39 is 0 Å². The van der Waals surface area contributed by atoms with Crippen LogP contribution in [0.25, 0.3) is 5.69 Å². The number of nitrogens with zero attached hydrogens (tertiary/aromatic N) is 4. The van der Waals surface area contributed by atoms with Crippen molar-refractivity contribution in [3.63, 3.8) is 0 Å². The second kappa shape index (κ2) is 7.67. The number of hydrogen-bond acceptors (Lipinski definition) is 4. The summed E-state index contributed by atoms with van der Waals surface area (Å²) in [6.07, 6.45) is 2.63. The minimum atomic E-state index is 0.373. The van der Waals surface area contributed by atoms with Crippen molar-refractivity contribution in [2.24, 2.45) is 0 Å². The molecule has 0 atom stereocenters. The molecule has 0 bridgehead atoms. The first-order valence-electron chi connectivity index (χ1n) is 9.39. The highest BCUT2D eigenvalue weighted by molar-refractivity contribution is 6.30. The molecule has 0 radical (unpaired) electrons. The van der Waals surface area contributed by atoms with Crippen molar-refractivity contribution in [2.45, 2.75) is 32.6 Å². The van der Waals surface area contributed by atoms with Gasteiger partial charge < -0.3 is 9.88 Å². The van der Waals surface area contributed by atoms with Gasteiger partial charge in [0.05, 0.1) is 17.1 Å². The molecule has 1 aromatic carbocycles. The van der Waals surface area contributed by atoms with Crippen LogP contribution >= 0.6 is 11.6 Å². The van der Waals surface area contributed by atoms with Crippen molar-refractivity contribution in [3.05, 3.63) is 52.4 Å². The average Bonchev–Trinajstić information content (AvgIpc) is 3.25. The summed E-state index contributed by atoms with van der Waals surface area (Å²) < 4.78 is 1.97. The third-order valence-corrected chi connectivity index (χ3v) is 5.42. The third-order valence-electron chi connectivity index (χ3n) is 5.19. The van der Waals surface area contributed by atoms with Crippen LogP contribution in [-0.4, -0.2) is 39.2 Å². The summed E-state index contributed by atoms with van der Waals surface area (Å²) >= 11 is 6.17. The quantitative estimate of drug-likeness (QED) is 0.640. The number of benzene rings is 1. The first-order chi connectivity index (χ1) is 13.5. The van der Waals surface area contributed by atoms with Gasteiger partial charge in [0.2, 0.25) is 12.4 Å². The molecule has 0 unspecified atom stereocenters. The number of piperidine rings is 1. The van der Waals surface area contributed by atoms with E-state index in [1.54, 1.807) is 0 Å². The fraction of sp³-hybridized carbons (Fsp3) is 0.350. The van der Waals surface area contributed by atoms with E-state index in [0.29, 0.717) is 23.3 Å². The Morgan fingerprint density at radius 1 is 1.25 bits per heavy atom. The normalized spacial score (nSPS) is 15.0. The highest BCUT2D eigenvalue weighted by atomic mass is 35.5. The zero-order valence-electron chi connectivity index (χ0n) is 15.9. The number of halogens is 1. The zero-order chi connectivity index (χ0) is 19.7. The van der Waals surface area contributed by atoms with Crippen LogP contribution in [0.4, 0.5) is 11.8 Å². The molecular weight excluding hydrogens is 376 g/mol. The van der Waals surface area contributed by atoms with Crippen molar-refractivity contribution in [2.75, 3.05) is 23.3 Å². The Bertz CT molecular complexity index is 986. The molecule has 8 heteroatoms. The van der Waals surface area contributed by atoms with Gasteiger partial charge in [-0.25, -0.2) is 9.67 Å². The molecule has 1 fully saturated rings. The summed E-state index contributed by atoms with van der Waals surface area (Å²) in [4.78, 5) is 20.7. The number of anilines is 2. The number of hydrogen-bond donors (Lipinski definition) is 2. The number of aryl methyl sites for hydroxylation is 2. The van der Waals surface area contributed by atoms with Gasteiger partial charge in [-0.2, -0.15) is 5.10 Å². The smallest absolute Gasteiger partial charge is 0.213 e. The lowest BCUT2D eigenvalue weighted by molar-refractivity contribution is -0.105. The lowest BCUT2D eigenvalue weighted by Gasteiger charge is -2.33. The van der Waals surface area contributed by atoms with E-state index in [9.17, 15) is 4.79 Å². The Morgan fingerprint density at radius 3 is 2.75 bits per heavy atom. The van der Waals surface area contributed by atoms with Crippen molar-refractivity contribution in [1.82, 2.24) is 19.7 Å². The SMILES string of the molecule is Cc1cc(N2CCC(c3nc(NC=O)[nH]c3C)CC2)n(-c2cccc(Cl)c2)n1. The van der Waals surface area contributed by atoms with Gasteiger partial charge >= 0.3 is 0 Å². The molecule has 0 aliphatic carbocycles. The van der Waals surface area contributed by atoms with Crippen molar-refractivity contribution >= 4 is 29.8 Å². The van der Waals surface area contributed by atoms with E-state index in [2.05, 4.69) is 31.3 Å².